The van der Waals surface area contributed by atoms with Gasteiger partial charge in [0.1, 0.15) is 0 Å². The van der Waals surface area contributed by atoms with Crippen LogP contribution >= 0.6 is 0 Å². The molecule has 0 radical (unpaired) electrons. The van der Waals surface area contributed by atoms with E-state index in [0.717, 1.165) is 52.4 Å². The minimum atomic E-state index is 0.0450. The quantitative estimate of drug-likeness (QED) is 0.388. The number of amides is 1. The fourth-order valence-corrected chi connectivity index (χ4v) is 6.28. The van der Waals surface area contributed by atoms with Crippen LogP contribution in [0.5, 0.6) is 0 Å². The minimum absolute atomic E-state index is 0.0450. The number of nitrogens with one attached hydrogen (secondary N) is 2. The Bertz CT molecular complexity index is 1550. The van der Waals surface area contributed by atoms with Crippen LogP contribution in [0, 0.1) is 0 Å². The summed E-state index contributed by atoms with van der Waals surface area (Å²) in [5.74, 6) is 0.0450. The first-order valence-corrected chi connectivity index (χ1v) is 12.3. The molecule has 0 unspecified atom stereocenters. The first-order chi connectivity index (χ1) is 16.3. The van der Waals surface area contributed by atoms with E-state index in [1.54, 1.807) is 0 Å². The zero-order valence-corrected chi connectivity index (χ0v) is 18.8. The second-order valence-electron chi connectivity index (χ2n) is 9.61. The highest BCUT2D eigenvalue weighted by molar-refractivity contribution is 6.30. The van der Waals surface area contributed by atoms with Crippen LogP contribution in [0.25, 0.3) is 43.6 Å². The van der Waals surface area contributed by atoms with Crippen molar-refractivity contribution in [1.29, 1.82) is 0 Å². The minimum Gasteiger partial charge on any atom is -0.353 e. The number of para-hydroxylation sites is 2. The van der Waals surface area contributed by atoms with E-state index in [4.69, 9.17) is 0 Å². The molecule has 0 aliphatic carbocycles. The van der Waals surface area contributed by atoms with E-state index >= 15 is 0 Å². The predicted molar refractivity (Wildman–Crippen MR) is 135 cm³/mol. The first kappa shape index (κ1) is 19.2. The van der Waals surface area contributed by atoms with Crippen LogP contribution in [-0.4, -0.2) is 40.0 Å². The van der Waals surface area contributed by atoms with Crippen molar-refractivity contribution < 1.29 is 4.79 Å². The molecule has 5 heteroatoms. The molecule has 2 aromatic heterocycles. The van der Waals surface area contributed by atoms with Crippen molar-refractivity contribution in [3.63, 3.8) is 0 Å². The molecule has 33 heavy (non-hydrogen) atoms. The summed E-state index contributed by atoms with van der Waals surface area (Å²) in [6.45, 7) is 5.20. The Morgan fingerprint density at radius 3 is 2.52 bits per heavy atom. The van der Waals surface area contributed by atoms with Crippen LogP contribution in [0.3, 0.4) is 0 Å². The number of hydrogen-bond acceptors (Lipinski definition) is 2. The summed E-state index contributed by atoms with van der Waals surface area (Å²) >= 11 is 0. The number of hydrogen-bond donors (Lipinski definition) is 2. The number of carbonyl (C=O) groups is 1. The molecule has 5 nitrogen and oxygen atoms in total. The number of aromatic amines is 1. The van der Waals surface area contributed by atoms with Crippen LogP contribution in [0.15, 0.2) is 48.5 Å². The van der Waals surface area contributed by atoms with Crippen molar-refractivity contribution in [2.45, 2.75) is 38.8 Å². The van der Waals surface area contributed by atoms with Gasteiger partial charge in [-0.2, -0.15) is 0 Å². The Balaban J connectivity index is 1.49. The Kier molecular flexibility index (Phi) is 4.28. The molecule has 2 aliphatic heterocycles. The number of nitrogens with zero attached hydrogens (tertiary/aromatic N) is 2. The van der Waals surface area contributed by atoms with Gasteiger partial charge in [0.25, 0.3) is 5.91 Å². The van der Waals surface area contributed by atoms with E-state index in [0.29, 0.717) is 6.54 Å². The number of benzene rings is 3. The number of fused-ring (bicyclic) bond motifs is 10. The summed E-state index contributed by atoms with van der Waals surface area (Å²) in [5.41, 5.74) is 6.70. The molecule has 1 amide bonds. The molecule has 1 saturated heterocycles. The van der Waals surface area contributed by atoms with Crippen LogP contribution in [-0.2, 0) is 13.1 Å². The number of likely N-dealkylation sites (tertiary alicyclic amines) is 1. The SMILES string of the molecule is O=C1NCc2c1c1c3ccccc3[nH]c1c1c2c2ccccc2n1CCCN1CCCCC1. The number of H-pyrrole nitrogens is 1. The van der Waals surface area contributed by atoms with Gasteiger partial charge in [-0.05, 0) is 56.6 Å². The van der Waals surface area contributed by atoms with Crippen LogP contribution in [0.1, 0.15) is 41.6 Å². The van der Waals surface area contributed by atoms with Gasteiger partial charge in [0.2, 0.25) is 0 Å². The summed E-state index contributed by atoms with van der Waals surface area (Å²) in [7, 11) is 0. The number of piperidine rings is 1. The number of rotatable bonds is 4. The predicted octanol–water partition coefficient (Wildman–Crippen LogP) is 5.55. The molecule has 166 valence electrons. The van der Waals surface area contributed by atoms with Crippen LogP contribution in [0.2, 0.25) is 0 Å². The molecule has 0 saturated carbocycles. The van der Waals surface area contributed by atoms with Crippen LogP contribution < -0.4 is 5.32 Å². The van der Waals surface area contributed by atoms with E-state index in [1.807, 2.05) is 0 Å². The molecule has 2 N–H and O–H groups in total. The lowest BCUT2D eigenvalue weighted by Gasteiger charge is -2.26. The van der Waals surface area contributed by atoms with Crippen molar-refractivity contribution in [1.82, 2.24) is 19.8 Å². The maximum absolute atomic E-state index is 13.0. The van der Waals surface area contributed by atoms with Gasteiger partial charge in [-0.3, -0.25) is 4.79 Å². The van der Waals surface area contributed by atoms with Crippen molar-refractivity contribution in [2.24, 2.45) is 0 Å². The summed E-state index contributed by atoms with van der Waals surface area (Å²) in [4.78, 5) is 19.3. The third kappa shape index (κ3) is 2.78. The third-order valence-electron chi connectivity index (χ3n) is 7.72. The average Bonchev–Trinajstić information content (AvgIpc) is 3.52. The number of carbonyl (C=O) groups excluding carboxylic acids is 1. The molecule has 2 aliphatic rings. The fraction of sp³-hybridized carbons (Fsp3) is 0.321. The summed E-state index contributed by atoms with van der Waals surface area (Å²) < 4.78 is 2.51. The van der Waals surface area contributed by atoms with Gasteiger partial charge in [-0.15, -0.1) is 0 Å². The molecule has 3 aromatic carbocycles. The van der Waals surface area contributed by atoms with Gasteiger partial charge >= 0.3 is 0 Å². The highest BCUT2D eigenvalue weighted by Crippen LogP contribution is 2.43. The maximum atomic E-state index is 13.0. The monoisotopic (exact) mass is 436 g/mol. The van der Waals surface area contributed by atoms with Crippen molar-refractivity contribution in [3.8, 4) is 0 Å². The molecule has 0 bridgehead atoms. The lowest BCUT2D eigenvalue weighted by molar-refractivity contribution is 0.0967. The maximum Gasteiger partial charge on any atom is 0.252 e. The molecule has 0 atom stereocenters. The smallest absolute Gasteiger partial charge is 0.252 e. The number of aryl methyl sites for hydroxylation is 1. The molecule has 4 heterocycles. The lowest BCUT2D eigenvalue weighted by atomic mass is 9.97. The summed E-state index contributed by atoms with van der Waals surface area (Å²) in [6, 6.07) is 17.1. The molecular weight excluding hydrogens is 408 g/mol. The van der Waals surface area contributed by atoms with Crippen molar-refractivity contribution in [2.75, 3.05) is 19.6 Å². The van der Waals surface area contributed by atoms with Gasteiger partial charge in [-0.25, -0.2) is 0 Å². The third-order valence-corrected chi connectivity index (χ3v) is 7.72. The summed E-state index contributed by atoms with van der Waals surface area (Å²) in [5, 5.41) is 7.80. The fourth-order valence-electron chi connectivity index (χ4n) is 6.28. The van der Waals surface area contributed by atoms with Crippen LogP contribution in [0.4, 0.5) is 0 Å². The molecular formula is C28H28N4O. The normalized spacial score (nSPS) is 16.9. The highest BCUT2D eigenvalue weighted by atomic mass is 16.1. The number of aromatic nitrogens is 2. The highest BCUT2D eigenvalue weighted by Gasteiger charge is 2.30. The van der Waals surface area contributed by atoms with E-state index < -0.39 is 0 Å². The van der Waals surface area contributed by atoms with E-state index in [9.17, 15) is 4.79 Å². The Morgan fingerprint density at radius 2 is 1.64 bits per heavy atom. The molecule has 5 aromatic rings. The van der Waals surface area contributed by atoms with Gasteiger partial charge in [0, 0.05) is 45.7 Å². The van der Waals surface area contributed by atoms with Gasteiger partial charge in [0.15, 0.2) is 0 Å². The topological polar surface area (TPSA) is 53.1 Å². The van der Waals surface area contributed by atoms with E-state index in [2.05, 4.69) is 68.3 Å². The summed E-state index contributed by atoms with van der Waals surface area (Å²) in [6.07, 6.45) is 5.17. The van der Waals surface area contributed by atoms with Gasteiger partial charge < -0.3 is 19.8 Å². The Hall–Kier alpha value is -3.31. The molecule has 0 spiro atoms. The first-order valence-electron chi connectivity index (χ1n) is 12.3. The average molecular weight is 437 g/mol. The van der Waals surface area contributed by atoms with E-state index in [1.165, 1.54) is 54.2 Å². The largest absolute Gasteiger partial charge is 0.353 e. The van der Waals surface area contributed by atoms with Crippen molar-refractivity contribution in [3.05, 3.63) is 59.7 Å². The van der Waals surface area contributed by atoms with Gasteiger partial charge in [0.05, 0.1) is 16.6 Å². The van der Waals surface area contributed by atoms with Crippen molar-refractivity contribution >= 4 is 49.5 Å². The zero-order chi connectivity index (χ0) is 21.9. The molecule has 7 rings (SSSR count). The Labute approximate surface area is 192 Å². The second kappa shape index (κ2) is 7.35. The Morgan fingerprint density at radius 1 is 0.848 bits per heavy atom. The van der Waals surface area contributed by atoms with Gasteiger partial charge in [-0.1, -0.05) is 42.8 Å². The van der Waals surface area contributed by atoms with E-state index in [-0.39, 0.29) is 5.91 Å². The molecule has 1 fully saturated rings. The zero-order valence-electron chi connectivity index (χ0n) is 18.8. The standard InChI is InChI=1S/C28H28N4O/c33-28-25-20(17-29-28)23-19-10-3-5-12-22(19)32(16-8-15-31-13-6-1-7-14-31)27(23)26-24(25)18-9-2-4-11-21(18)30-26/h2-5,9-12,30H,1,6-8,13-17H2,(H,29,33). The lowest BCUT2D eigenvalue weighted by Crippen LogP contribution is -2.31. The second-order valence-corrected chi connectivity index (χ2v) is 9.61.